The molecule has 0 aromatic rings. The van der Waals surface area contributed by atoms with Gasteiger partial charge in [-0.05, 0) is 105 Å². The van der Waals surface area contributed by atoms with Gasteiger partial charge in [0, 0.05) is 516 Å². The predicted octanol–water partition coefficient (Wildman–Crippen LogP) is 17.6. The van der Waals surface area contributed by atoms with Crippen LogP contribution in [0.5, 0.6) is 0 Å². The molecule has 0 aliphatic carbocycles. The van der Waals surface area contributed by atoms with Crippen LogP contribution in [0.3, 0.4) is 0 Å². The third kappa shape index (κ3) is 84.0. The van der Waals surface area contributed by atoms with Crippen LogP contribution >= 0.6 is 0 Å². The molecule has 0 bridgehead atoms. The number of hydrogen-bond donors (Lipinski definition) is 0. The van der Waals surface area contributed by atoms with Gasteiger partial charge in [-0.15, -0.1) is 0 Å². The Balaban J connectivity index is 6.19. The molecule has 444 valence electrons. The van der Waals surface area contributed by atoms with E-state index in [-0.39, 0.29) is 0 Å². The molecule has 0 N–H and O–H groups in total. The Bertz CT molecular complexity index is 8300. The lowest BCUT2D eigenvalue weighted by Crippen LogP contribution is -1.26. The Morgan fingerprint density at radius 1 is 0.0455 bits per heavy atom. The second-order valence-corrected chi connectivity index (χ2v) is 13.6. The van der Waals surface area contributed by atoms with Crippen molar-refractivity contribution in [2.24, 2.45) is 0 Å². The molecule has 0 amide bonds. The maximum atomic E-state index is 3.32. The lowest BCUT2D eigenvalue weighted by molar-refractivity contribution is 2.10. The first-order valence-electron chi connectivity index (χ1n) is 27.5. The minimum atomic E-state index is 2.37. The zero-order valence-electron chi connectivity index (χ0n) is 55.4. The Kier molecular flexibility index (Phi) is 66.4. The number of rotatable bonds is 0. The van der Waals surface area contributed by atoms with Gasteiger partial charge in [0.1, 0.15) is 0 Å². The van der Waals surface area contributed by atoms with E-state index in [0.29, 0.717) is 0 Å². The molecule has 0 aromatic carbocycles. The van der Waals surface area contributed by atoms with Crippen LogP contribution in [0.4, 0.5) is 0 Å². The van der Waals surface area contributed by atoms with E-state index in [1.165, 1.54) is 0 Å². The molecule has 0 rings (SSSR count). The standard InChI is InChI=1S/C110H4/c1-3-5-7-9-11-13-15-17-19-21-23-25-27-29-31-33-35-37-39-41-43-45-47-49-51-53-55-57-59-61-63-65-67-69-71-73-75-77-79-81-83-85-87-89-91-93-95-97-99-101-103-105-107-109-110-108-106-104-102-100-98-96-94-92-90-88-86-84-82-80-78-76-74-72-70-68-66-64-62-60-58-56-54-52-50-48-46-44-42-40-38-36-34-32-30-28-26-24-22-20-18-16-14-12-10-8-6-4-2/h1-2H2. The zero-order chi connectivity index (χ0) is 78.4. The highest BCUT2D eigenvalue weighted by atomic mass is 13.5. The summed E-state index contributed by atoms with van der Waals surface area (Å²) in [4.78, 5) is 0. The van der Waals surface area contributed by atoms with Gasteiger partial charge in [0.15, 0.2) is 0 Å². The minimum Gasteiger partial charge on any atom is -0.0687 e. The van der Waals surface area contributed by atoms with Crippen LogP contribution in [-0.2, 0) is 0 Å². The van der Waals surface area contributed by atoms with Crippen molar-refractivity contribution >= 4 is 0 Å². The molecule has 0 saturated carbocycles. The molecule has 0 atom stereocenters. The third-order valence-electron chi connectivity index (χ3n) is 6.74. The Hall–Kier alpha value is -24.0. The molecule has 110 heavy (non-hydrogen) atoms. The summed E-state index contributed by atoms with van der Waals surface area (Å²) in [5.41, 5.74) is 269. The highest BCUT2D eigenvalue weighted by Gasteiger charge is 1.52. The summed E-state index contributed by atoms with van der Waals surface area (Å²) >= 11 is 0. The maximum Gasteiger partial charge on any atom is 0 e. The summed E-state index contributed by atoms with van der Waals surface area (Å²) in [5, 5.41) is 0. The normalized spacial score (nSPS) is 3.96. The topological polar surface area (TPSA) is 0 Å². The van der Waals surface area contributed by atoms with Crippen LogP contribution in [0.25, 0.3) is 0 Å². The van der Waals surface area contributed by atoms with Gasteiger partial charge in [-0.3, -0.25) is 0 Å². The number of hydrogen-bond acceptors (Lipinski definition) is 0. The minimum absolute atomic E-state index is 2.37. The molecule has 0 aliphatic rings. The fourth-order valence-electron chi connectivity index (χ4n) is 3.34. The molecular formula is C110H4. The molecule has 0 heterocycles. The Morgan fingerprint density at radius 3 is 0.100 bits per heavy atom. The third-order valence-corrected chi connectivity index (χ3v) is 6.74. The molecule has 0 aliphatic heterocycles. The zero-order valence-corrected chi connectivity index (χ0v) is 55.4. The van der Waals surface area contributed by atoms with Crippen molar-refractivity contribution in [3.63, 3.8) is 0 Å². The predicted molar refractivity (Wildman–Crippen MR) is 391 cm³/mol. The second kappa shape index (κ2) is 85.0. The molecule has 0 nitrogen and oxygen atoms in total. The monoisotopic (exact) mass is 1320 g/mol. The summed E-state index contributed by atoms with van der Waals surface area (Å²) in [6.45, 7) is 6.64. The first-order valence-corrected chi connectivity index (χ1v) is 27.5. The molecule has 0 aromatic heterocycles. The molecule has 0 heteroatoms. The van der Waals surface area contributed by atoms with E-state index in [0.717, 1.165) is 0 Å². The SMILES string of the molecule is C=C=C=C=C=C=C=C=C=C=C=C=C=C=C=C=C=C=C=C=C=C=C=C=C=C=C=C=C=C=C=C=C=C=C=C=C=C=C=C=C=C=C=C=C=C=C=C=C=C=C=C=C=C=C=C=C=C=C=C=C=C=C=C=C=C=C=C=C=C=C=C=C=C=C=C=C=C=C=C=C=C=C=C=C=C=C=C=C=C=C=C=C=C=C=C=C=C=C=C=C=C=C=C=C=C=C=C=C=C. The molecule has 0 radical (unpaired) electrons. The van der Waals surface area contributed by atoms with E-state index in [9.17, 15) is 0 Å². The molecule has 0 fully saturated rings. The fraction of sp³-hybridized carbons (Fsp3) is 0. The second-order valence-electron chi connectivity index (χ2n) is 13.6. The summed E-state index contributed by atoms with van der Waals surface area (Å²) in [5.74, 6) is 0. The average Bonchev–Trinajstić information content (AvgIpc) is 3.58. The first-order chi connectivity index (χ1) is 54.9. The van der Waals surface area contributed by atoms with Crippen molar-refractivity contribution in [2.45, 2.75) is 0 Å². The van der Waals surface area contributed by atoms with Gasteiger partial charge in [-0.25, -0.2) is 0 Å². The van der Waals surface area contributed by atoms with Crippen molar-refractivity contribution in [1.29, 1.82) is 0 Å². The van der Waals surface area contributed by atoms with Gasteiger partial charge in [0.05, 0.1) is 0 Å². The van der Waals surface area contributed by atoms with Crippen LogP contribution in [0, 0.1) is 0 Å². The highest BCUT2D eigenvalue weighted by molar-refractivity contribution is 5.03. The summed E-state index contributed by atoms with van der Waals surface area (Å²) in [7, 11) is 0. The van der Waals surface area contributed by atoms with Gasteiger partial charge >= 0.3 is 0 Å². The van der Waals surface area contributed by atoms with E-state index in [4.69, 9.17) is 0 Å². The summed E-state index contributed by atoms with van der Waals surface area (Å²) in [6, 6.07) is 0. The molecular weight excluding hydrogens is 1320 g/mol. The lowest BCUT2D eigenvalue weighted by atomic mass is 10.6. The van der Waals surface area contributed by atoms with E-state index in [1.54, 1.807) is 0 Å². The van der Waals surface area contributed by atoms with E-state index in [2.05, 4.69) is 632 Å². The quantitative estimate of drug-likeness (QED) is 0.212. The maximum absolute atomic E-state index is 3.32. The van der Waals surface area contributed by atoms with Crippen molar-refractivity contribution in [3.05, 3.63) is 632 Å². The van der Waals surface area contributed by atoms with Crippen LogP contribution in [0.2, 0.25) is 0 Å². The Labute approximate surface area is 627 Å². The Morgan fingerprint density at radius 2 is 0.0727 bits per heavy atom. The smallest absolute Gasteiger partial charge is 0 e. The van der Waals surface area contributed by atoms with Gasteiger partial charge in [0.2, 0.25) is 0 Å². The van der Waals surface area contributed by atoms with E-state index < -0.39 is 0 Å². The molecule has 0 unspecified atom stereocenters. The largest absolute Gasteiger partial charge is 0.0687 e. The van der Waals surface area contributed by atoms with Crippen molar-refractivity contribution < 1.29 is 0 Å². The van der Waals surface area contributed by atoms with Crippen LogP contribution in [0.15, 0.2) is 632 Å². The van der Waals surface area contributed by atoms with Crippen LogP contribution in [0.1, 0.15) is 0 Å². The van der Waals surface area contributed by atoms with Gasteiger partial charge in [0.25, 0.3) is 0 Å². The van der Waals surface area contributed by atoms with Gasteiger partial charge in [-0.1, -0.05) is 11.5 Å². The van der Waals surface area contributed by atoms with Gasteiger partial charge in [-0.2, -0.15) is 0 Å². The summed E-state index contributed by atoms with van der Waals surface area (Å²) in [6.07, 6.45) is 0. The van der Waals surface area contributed by atoms with Gasteiger partial charge < -0.3 is 0 Å². The average molecular weight is 1330 g/mol. The van der Waals surface area contributed by atoms with Crippen LogP contribution < -0.4 is 0 Å². The molecule has 0 saturated heterocycles. The fourth-order valence-corrected chi connectivity index (χ4v) is 3.34. The lowest BCUT2D eigenvalue weighted by Gasteiger charge is -1.41. The van der Waals surface area contributed by atoms with Crippen LogP contribution in [-0.4, -0.2) is 0 Å². The van der Waals surface area contributed by atoms with E-state index in [1.807, 2.05) is 0 Å². The summed E-state index contributed by atoms with van der Waals surface area (Å²) < 4.78 is 0. The van der Waals surface area contributed by atoms with Crippen molar-refractivity contribution in [2.75, 3.05) is 0 Å². The molecule has 0 spiro atoms. The van der Waals surface area contributed by atoms with Crippen molar-refractivity contribution in [1.82, 2.24) is 0 Å². The first kappa shape index (κ1) is 86.0. The van der Waals surface area contributed by atoms with Crippen molar-refractivity contribution in [3.8, 4) is 0 Å². The van der Waals surface area contributed by atoms with E-state index >= 15 is 0 Å². The highest BCUT2D eigenvalue weighted by Crippen LogP contribution is 1.67.